The third kappa shape index (κ3) is 4.03. The molecule has 2 heterocycles. The second kappa shape index (κ2) is 7.63. The molecule has 0 aliphatic heterocycles. The van der Waals surface area contributed by atoms with Crippen molar-refractivity contribution in [1.82, 2.24) is 20.7 Å². The number of carbonyl (C=O) groups is 1. The minimum atomic E-state index is -0.775. The number of aromatic nitrogens is 3. The van der Waals surface area contributed by atoms with Crippen LogP contribution in [0.1, 0.15) is 16.2 Å². The van der Waals surface area contributed by atoms with Gasteiger partial charge in [0.15, 0.2) is 5.76 Å². The molecule has 0 bridgehead atoms. The first-order valence-corrected chi connectivity index (χ1v) is 8.50. The van der Waals surface area contributed by atoms with E-state index < -0.39 is 17.5 Å². The van der Waals surface area contributed by atoms with Crippen molar-refractivity contribution in [2.24, 2.45) is 0 Å². The lowest BCUT2D eigenvalue weighted by Crippen LogP contribution is -2.23. The van der Waals surface area contributed by atoms with Gasteiger partial charge < -0.3 is 9.84 Å². The minimum Gasteiger partial charge on any atom is -0.356 e. The zero-order chi connectivity index (χ0) is 20.4. The molecule has 4 aromatic rings. The second-order valence-electron chi connectivity index (χ2n) is 6.16. The molecular weight excluding hydrogens is 385 g/mol. The fourth-order valence-electron chi connectivity index (χ4n) is 2.68. The van der Waals surface area contributed by atoms with Crippen molar-refractivity contribution in [3.63, 3.8) is 0 Å². The van der Waals surface area contributed by atoms with Crippen LogP contribution in [0, 0.1) is 17.5 Å². The highest BCUT2D eigenvalue weighted by molar-refractivity contribution is 5.93. The summed E-state index contributed by atoms with van der Waals surface area (Å²) in [5.74, 6) is -2.16. The van der Waals surface area contributed by atoms with Crippen molar-refractivity contribution in [2.75, 3.05) is 0 Å². The van der Waals surface area contributed by atoms with Crippen LogP contribution in [0.15, 0.2) is 59.1 Å². The Hall–Kier alpha value is -3.88. The van der Waals surface area contributed by atoms with Crippen LogP contribution in [-0.4, -0.2) is 21.3 Å². The van der Waals surface area contributed by atoms with Crippen LogP contribution in [0.2, 0.25) is 0 Å². The highest BCUT2D eigenvalue weighted by atomic mass is 19.1. The lowest BCUT2D eigenvalue weighted by molar-refractivity contribution is 0.0945. The molecule has 0 unspecified atom stereocenters. The molecule has 0 saturated carbocycles. The van der Waals surface area contributed by atoms with Crippen LogP contribution in [0.5, 0.6) is 0 Å². The molecule has 0 spiro atoms. The van der Waals surface area contributed by atoms with Crippen molar-refractivity contribution in [2.45, 2.75) is 6.54 Å². The molecule has 2 aromatic heterocycles. The smallest absolute Gasteiger partial charge is 0.269 e. The molecule has 4 rings (SSSR count). The van der Waals surface area contributed by atoms with Gasteiger partial charge in [-0.15, -0.1) is 0 Å². The Morgan fingerprint density at radius 2 is 1.76 bits per heavy atom. The van der Waals surface area contributed by atoms with Crippen molar-refractivity contribution >= 4 is 5.91 Å². The SMILES string of the molecule is O=C(NCc1cc(-c2ccc(F)cc2F)on1)c1cc(-c2ccc(F)cc2)n[nH]1. The van der Waals surface area contributed by atoms with E-state index in [4.69, 9.17) is 4.52 Å². The van der Waals surface area contributed by atoms with Crippen molar-refractivity contribution in [3.05, 3.63) is 83.4 Å². The topological polar surface area (TPSA) is 83.8 Å². The Bertz CT molecular complexity index is 1170. The molecular formula is C20H13F3N4O2. The van der Waals surface area contributed by atoms with E-state index in [9.17, 15) is 18.0 Å². The number of aromatic amines is 1. The summed E-state index contributed by atoms with van der Waals surface area (Å²) in [6.07, 6.45) is 0. The molecule has 2 aromatic carbocycles. The van der Waals surface area contributed by atoms with Crippen LogP contribution in [0.25, 0.3) is 22.6 Å². The summed E-state index contributed by atoms with van der Waals surface area (Å²) >= 11 is 0. The normalized spacial score (nSPS) is 10.9. The van der Waals surface area contributed by atoms with Gasteiger partial charge in [0.25, 0.3) is 5.91 Å². The van der Waals surface area contributed by atoms with Crippen molar-refractivity contribution in [3.8, 4) is 22.6 Å². The number of H-pyrrole nitrogens is 1. The highest BCUT2D eigenvalue weighted by Crippen LogP contribution is 2.24. The Kier molecular flexibility index (Phi) is 4.86. The van der Waals surface area contributed by atoms with Gasteiger partial charge in [-0.3, -0.25) is 9.89 Å². The monoisotopic (exact) mass is 398 g/mol. The zero-order valence-corrected chi connectivity index (χ0v) is 14.7. The van der Waals surface area contributed by atoms with E-state index in [-0.39, 0.29) is 29.4 Å². The van der Waals surface area contributed by atoms with Gasteiger partial charge in [-0.05, 0) is 42.5 Å². The van der Waals surface area contributed by atoms with Gasteiger partial charge in [-0.2, -0.15) is 5.10 Å². The number of nitrogens with zero attached hydrogens (tertiary/aromatic N) is 2. The van der Waals surface area contributed by atoms with E-state index in [2.05, 4.69) is 20.7 Å². The number of amides is 1. The number of benzene rings is 2. The molecule has 2 N–H and O–H groups in total. The summed E-state index contributed by atoms with van der Waals surface area (Å²) in [6.45, 7) is 0.0239. The maximum atomic E-state index is 13.8. The highest BCUT2D eigenvalue weighted by Gasteiger charge is 2.15. The van der Waals surface area contributed by atoms with E-state index in [0.717, 1.165) is 12.1 Å². The summed E-state index contributed by atoms with van der Waals surface area (Å²) in [5.41, 5.74) is 1.77. The number of hydrogen-bond donors (Lipinski definition) is 2. The van der Waals surface area contributed by atoms with E-state index in [0.29, 0.717) is 17.0 Å². The first-order valence-electron chi connectivity index (χ1n) is 8.50. The van der Waals surface area contributed by atoms with Crippen LogP contribution in [-0.2, 0) is 6.54 Å². The molecule has 0 radical (unpaired) electrons. The first kappa shape index (κ1) is 18.5. The third-order valence-corrected chi connectivity index (χ3v) is 4.15. The number of hydrogen-bond acceptors (Lipinski definition) is 4. The van der Waals surface area contributed by atoms with Gasteiger partial charge in [-0.1, -0.05) is 5.16 Å². The fourth-order valence-corrected chi connectivity index (χ4v) is 2.68. The molecule has 0 saturated heterocycles. The molecule has 29 heavy (non-hydrogen) atoms. The van der Waals surface area contributed by atoms with E-state index in [1.807, 2.05) is 0 Å². The van der Waals surface area contributed by atoms with Crippen LogP contribution in [0.3, 0.4) is 0 Å². The fraction of sp³-hybridized carbons (Fsp3) is 0.0500. The van der Waals surface area contributed by atoms with Gasteiger partial charge in [0, 0.05) is 17.7 Å². The van der Waals surface area contributed by atoms with E-state index >= 15 is 0 Å². The predicted molar refractivity (Wildman–Crippen MR) is 97.0 cm³/mol. The average Bonchev–Trinajstić information content (AvgIpc) is 3.37. The average molecular weight is 398 g/mol. The van der Waals surface area contributed by atoms with E-state index in [1.165, 1.54) is 30.3 Å². The molecule has 0 aliphatic carbocycles. The Morgan fingerprint density at radius 3 is 2.52 bits per heavy atom. The number of halogens is 3. The van der Waals surface area contributed by atoms with Gasteiger partial charge in [-0.25, -0.2) is 13.2 Å². The van der Waals surface area contributed by atoms with Crippen LogP contribution >= 0.6 is 0 Å². The van der Waals surface area contributed by atoms with Crippen LogP contribution in [0.4, 0.5) is 13.2 Å². The standard InChI is InChI=1S/C20H13F3N4O2/c21-12-3-1-11(2-4-12)17-9-18(26-25-17)20(28)24-10-14-8-19(29-27-14)15-6-5-13(22)7-16(15)23/h1-9H,10H2,(H,24,28)(H,25,26). The van der Waals surface area contributed by atoms with Gasteiger partial charge >= 0.3 is 0 Å². The molecule has 6 nitrogen and oxygen atoms in total. The lowest BCUT2D eigenvalue weighted by atomic mass is 10.1. The Morgan fingerprint density at radius 1 is 1.00 bits per heavy atom. The Labute approximate surface area is 162 Å². The molecule has 9 heteroatoms. The number of nitrogens with one attached hydrogen (secondary N) is 2. The molecule has 1 amide bonds. The largest absolute Gasteiger partial charge is 0.356 e. The summed E-state index contributed by atoms with van der Waals surface area (Å²) < 4.78 is 44.9. The van der Waals surface area contributed by atoms with Crippen molar-refractivity contribution < 1.29 is 22.5 Å². The van der Waals surface area contributed by atoms with Crippen molar-refractivity contribution in [1.29, 1.82) is 0 Å². The number of carbonyl (C=O) groups excluding carboxylic acids is 1. The molecule has 0 fully saturated rings. The Balaban J connectivity index is 1.41. The second-order valence-corrected chi connectivity index (χ2v) is 6.16. The zero-order valence-electron chi connectivity index (χ0n) is 14.7. The van der Waals surface area contributed by atoms with Crippen LogP contribution < -0.4 is 5.32 Å². The lowest BCUT2D eigenvalue weighted by Gasteiger charge is -1.99. The van der Waals surface area contributed by atoms with E-state index in [1.54, 1.807) is 12.1 Å². The maximum Gasteiger partial charge on any atom is 0.269 e. The molecule has 0 atom stereocenters. The van der Waals surface area contributed by atoms with Gasteiger partial charge in [0.2, 0.25) is 0 Å². The predicted octanol–water partition coefficient (Wildman–Crippen LogP) is 4.08. The third-order valence-electron chi connectivity index (χ3n) is 4.15. The van der Waals surface area contributed by atoms with Gasteiger partial charge in [0.05, 0.1) is 17.8 Å². The summed E-state index contributed by atoms with van der Waals surface area (Å²) in [5, 5.41) is 13.1. The molecule has 146 valence electrons. The molecule has 0 aliphatic rings. The maximum absolute atomic E-state index is 13.8. The summed E-state index contributed by atoms with van der Waals surface area (Å²) in [7, 11) is 0. The minimum absolute atomic E-state index is 0.0239. The number of rotatable bonds is 5. The summed E-state index contributed by atoms with van der Waals surface area (Å²) in [6, 6.07) is 11.8. The summed E-state index contributed by atoms with van der Waals surface area (Å²) in [4.78, 5) is 12.3. The quantitative estimate of drug-likeness (QED) is 0.531. The van der Waals surface area contributed by atoms with Gasteiger partial charge in [0.1, 0.15) is 28.8 Å². The first-order chi connectivity index (χ1) is 14.0.